The molecular formula is C17H18N4O2. The van der Waals surface area contributed by atoms with E-state index in [4.69, 9.17) is 4.74 Å². The molecule has 0 atom stereocenters. The van der Waals surface area contributed by atoms with Crippen LogP contribution in [0, 0.1) is 0 Å². The van der Waals surface area contributed by atoms with Gasteiger partial charge in [-0.25, -0.2) is 4.79 Å². The van der Waals surface area contributed by atoms with E-state index < -0.39 is 0 Å². The van der Waals surface area contributed by atoms with Crippen LogP contribution in [-0.2, 0) is 17.8 Å². The summed E-state index contributed by atoms with van der Waals surface area (Å²) in [6, 6.07) is 9.52. The van der Waals surface area contributed by atoms with Crippen molar-refractivity contribution in [3.05, 3.63) is 71.8 Å². The van der Waals surface area contributed by atoms with E-state index in [1.807, 2.05) is 46.0 Å². The lowest BCUT2D eigenvalue weighted by atomic mass is 10.1. The summed E-state index contributed by atoms with van der Waals surface area (Å²) in [5, 5.41) is 8.42. The van der Waals surface area contributed by atoms with Gasteiger partial charge in [-0.15, -0.1) is 0 Å². The lowest BCUT2D eigenvalue weighted by Gasteiger charge is -2.10. The molecule has 23 heavy (non-hydrogen) atoms. The molecular weight excluding hydrogens is 292 g/mol. The van der Waals surface area contributed by atoms with Gasteiger partial charge in [-0.3, -0.25) is 9.36 Å². The molecule has 0 saturated carbocycles. The van der Waals surface area contributed by atoms with Crippen LogP contribution >= 0.6 is 0 Å². The number of carbonyl (C=O) groups excluding carboxylic acids is 1. The first-order chi connectivity index (χ1) is 11.2. The van der Waals surface area contributed by atoms with Crippen molar-refractivity contribution in [2.45, 2.75) is 20.0 Å². The molecule has 3 aromatic rings. The maximum atomic E-state index is 12.1. The molecule has 0 spiro atoms. The van der Waals surface area contributed by atoms with E-state index in [9.17, 15) is 4.79 Å². The van der Waals surface area contributed by atoms with Crippen molar-refractivity contribution in [2.24, 2.45) is 0 Å². The fourth-order valence-electron chi connectivity index (χ4n) is 2.44. The number of ether oxygens (including phenoxy) is 1. The van der Waals surface area contributed by atoms with Gasteiger partial charge in [-0.2, -0.15) is 10.2 Å². The third-order valence-electron chi connectivity index (χ3n) is 3.37. The van der Waals surface area contributed by atoms with Gasteiger partial charge in [0.05, 0.1) is 25.3 Å². The summed E-state index contributed by atoms with van der Waals surface area (Å²) in [5.74, 6) is -0.309. The molecule has 6 heteroatoms. The Morgan fingerprint density at radius 1 is 1.00 bits per heavy atom. The lowest BCUT2D eigenvalue weighted by Crippen LogP contribution is -2.09. The molecule has 0 bridgehead atoms. The average Bonchev–Trinajstić information content (AvgIpc) is 3.21. The third-order valence-corrected chi connectivity index (χ3v) is 3.37. The smallest absolute Gasteiger partial charge is 0.338 e. The van der Waals surface area contributed by atoms with Gasteiger partial charge >= 0.3 is 5.97 Å². The van der Waals surface area contributed by atoms with Crippen molar-refractivity contribution < 1.29 is 9.53 Å². The second kappa shape index (κ2) is 6.91. The number of esters is 1. The zero-order valence-electron chi connectivity index (χ0n) is 12.9. The zero-order valence-corrected chi connectivity index (χ0v) is 12.9. The summed E-state index contributed by atoms with van der Waals surface area (Å²) in [6.07, 6.45) is 7.26. The molecule has 118 valence electrons. The van der Waals surface area contributed by atoms with Crippen molar-refractivity contribution >= 4 is 5.97 Å². The molecule has 0 amide bonds. The van der Waals surface area contributed by atoms with Crippen LogP contribution in [0.2, 0.25) is 0 Å². The lowest BCUT2D eigenvalue weighted by molar-refractivity contribution is 0.0526. The standard InChI is InChI=1S/C17H18N4O2/c1-2-23-17(22)16-10-14(12-20-7-3-5-18-20)9-15(11-16)13-21-8-4-6-19-21/h3-11H,2,12-13H2,1H3. The van der Waals surface area contributed by atoms with Gasteiger partial charge in [0.2, 0.25) is 0 Å². The largest absolute Gasteiger partial charge is 0.462 e. The van der Waals surface area contributed by atoms with Gasteiger partial charge < -0.3 is 4.74 Å². The first-order valence-corrected chi connectivity index (χ1v) is 7.49. The number of carbonyl (C=O) groups is 1. The summed E-state index contributed by atoms with van der Waals surface area (Å²) in [5.41, 5.74) is 2.56. The van der Waals surface area contributed by atoms with Crippen LogP contribution in [0.15, 0.2) is 55.1 Å². The highest BCUT2D eigenvalue weighted by Crippen LogP contribution is 2.14. The van der Waals surface area contributed by atoms with Crippen LogP contribution in [0.3, 0.4) is 0 Å². The topological polar surface area (TPSA) is 61.9 Å². The Balaban J connectivity index is 1.90. The molecule has 2 heterocycles. The van der Waals surface area contributed by atoms with E-state index >= 15 is 0 Å². The molecule has 0 radical (unpaired) electrons. The molecule has 0 aliphatic carbocycles. The monoisotopic (exact) mass is 310 g/mol. The second-order valence-electron chi connectivity index (χ2n) is 5.17. The molecule has 0 unspecified atom stereocenters. The molecule has 2 aromatic heterocycles. The van der Waals surface area contributed by atoms with Crippen molar-refractivity contribution in [1.29, 1.82) is 0 Å². The number of hydrogen-bond donors (Lipinski definition) is 0. The summed E-state index contributed by atoms with van der Waals surface area (Å²) >= 11 is 0. The van der Waals surface area contributed by atoms with E-state index in [2.05, 4.69) is 16.3 Å². The first kappa shape index (κ1) is 15.0. The Morgan fingerprint density at radius 3 is 2.00 bits per heavy atom. The van der Waals surface area contributed by atoms with Crippen LogP contribution in [-0.4, -0.2) is 32.1 Å². The normalized spacial score (nSPS) is 10.7. The zero-order chi connectivity index (χ0) is 16.1. The van der Waals surface area contributed by atoms with Crippen LogP contribution in [0.1, 0.15) is 28.4 Å². The number of aromatic nitrogens is 4. The molecule has 0 saturated heterocycles. The molecule has 3 rings (SSSR count). The van der Waals surface area contributed by atoms with E-state index in [1.165, 1.54) is 0 Å². The quantitative estimate of drug-likeness (QED) is 0.656. The van der Waals surface area contributed by atoms with E-state index in [-0.39, 0.29) is 5.97 Å². The minimum absolute atomic E-state index is 0.309. The first-order valence-electron chi connectivity index (χ1n) is 7.49. The predicted molar refractivity (Wildman–Crippen MR) is 85.1 cm³/mol. The van der Waals surface area contributed by atoms with Gasteiger partial charge in [0, 0.05) is 24.8 Å². The molecule has 6 nitrogen and oxygen atoms in total. The van der Waals surface area contributed by atoms with Crippen molar-refractivity contribution in [1.82, 2.24) is 19.6 Å². The van der Waals surface area contributed by atoms with Gasteiger partial charge in [0.15, 0.2) is 0 Å². The maximum Gasteiger partial charge on any atom is 0.338 e. The van der Waals surface area contributed by atoms with Crippen LogP contribution in [0.25, 0.3) is 0 Å². The Kier molecular flexibility index (Phi) is 4.52. The highest BCUT2D eigenvalue weighted by Gasteiger charge is 2.11. The van der Waals surface area contributed by atoms with Crippen molar-refractivity contribution in [3.8, 4) is 0 Å². The van der Waals surface area contributed by atoms with E-state index in [1.54, 1.807) is 19.3 Å². The molecule has 0 aliphatic rings. The third kappa shape index (κ3) is 3.85. The molecule has 1 aromatic carbocycles. The summed E-state index contributed by atoms with van der Waals surface area (Å²) in [4.78, 5) is 12.1. The number of nitrogens with zero attached hydrogens (tertiary/aromatic N) is 4. The van der Waals surface area contributed by atoms with Crippen molar-refractivity contribution in [3.63, 3.8) is 0 Å². The fraction of sp³-hybridized carbons (Fsp3) is 0.235. The Hall–Kier alpha value is -2.89. The number of hydrogen-bond acceptors (Lipinski definition) is 4. The van der Waals surface area contributed by atoms with E-state index in [0.717, 1.165) is 11.1 Å². The van der Waals surface area contributed by atoms with Crippen molar-refractivity contribution in [2.75, 3.05) is 6.61 Å². The Bertz CT molecular complexity index is 710. The molecule has 0 fully saturated rings. The van der Waals surface area contributed by atoms with Gasteiger partial charge in [-0.1, -0.05) is 6.07 Å². The van der Waals surface area contributed by atoms with Crippen LogP contribution in [0.4, 0.5) is 0 Å². The van der Waals surface area contributed by atoms with E-state index in [0.29, 0.717) is 25.3 Å². The molecule has 0 aliphatic heterocycles. The maximum absolute atomic E-state index is 12.1. The fourth-order valence-corrected chi connectivity index (χ4v) is 2.44. The SMILES string of the molecule is CCOC(=O)c1cc(Cn2cccn2)cc(Cn2cccn2)c1. The number of rotatable bonds is 6. The minimum atomic E-state index is -0.309. The van der Waals surface area contributed by atoms with Gasteiger partial charge in [0.1, 0.15) is 0 Å². The summed E-state index contributed by atoms with van der Waals surface area (Å²) in [6.45, 7) is 3.37. The predicted octanol–water partition coefficient (Wildman–Crippen LogP) is 2.35. The molecule has 0 N–H and O–H groups in total. The van der Waals surface area contributed by atoms with Gasteiger partial charge in [-0.05, 0) is 42.3 Å². The average molecular weight is 310 g/mol. The Morgan fingerprint density at radius 2 is 1.57 bits per heavy atom. The Labute approximate surface area is 134 Å². The summed E-state index contributed by atoms with van der Waals surface area (Å²) < 4.78 is 8.77. The van der Waals surface area contributed by atoms with Crippen LogP contribution in [0.5, 0.6) is 0 Å². The minimum Gasteiger partial charge on any atom is -0.462 e. The number of benzene rings is 1. The highest BCUT2D eigenvalue weighted by atomic mass is 16.5. The van der Waals surface area contributed by atoms with Gasteiger partial charge in [0.25, 0.3) is 0 Å². The second-order valence-corrected chi connectivity index (χ2v) is 5.17. The summed E-state index contributed by atoms with van der Waals surface area (Å²) in [7, 11) is 0. The highest BCUT2D eigenvalue weighted by molar-refractivity contribution is 5.89. The van der Waals surface area contributed by atoms with Crippen LogP contribution < -0.4 is 0 Å².